The van der Waals surface area contributed by atoms with E-state index >= 15 is 0 Å². The Hall–Kier alpha value is -0.570. The normalized spacial score (nSPS) is 21.9. The largest absolute Gasteiger partial charge is 0.367 e. The maximum absolute atomic E-state index is 10.9. The second-order valence-electron chi connectivity index (χ2n) is 3.98. The SMILES string of the molecule is CCNC(=NCC1CCC(C(N)=O)O1)NCC.I. The molecule has 0 saturated carbocycles. The first-order valence-electron chi connectivity index (χ1n) is 6.14. The molecule has 0 aliphatic carbocycles. The molecule has 0 radical (unpaired) electrons. The number of rotatable bonds is 5. The first kappa shape index (κ1) is 17.4. The lowest BCUT2D eigenvalue weighted by Gasteiger charge is -2.12. The highest BCUT2D eigenvalue weighted by molar-refractivity contribution is 14.0. The Morgan fingerprint density at radius 2 is 1.94 bits per heavy atom. The number of guanidine groups is 1. The number of nitrogens with two attached hydrogens (primary N) is 1. The van der Waals surface area contributed by atoms with Gasteiger partial charge in [-0.05, 0) is 26.7 Å². The molecule has 1 rings (SSSR count). The summed E-state index contributed by atoms with van der Waals surface area (Å²) in [5.74, 6) is 0.399. The maximum Gasteiger partial charge on any atom is 0.246 e. The van der Waals surface area contributed by atoms with Crippen LogP contribution in [0.4, 0.5) is 0 Å². The van der Waals surface area contributed by atoms with Crippen LogP contribution in [0, 0.1) is 0 Å². The zero-order chi connectivity index (χ0) is 12.7. The van der Waals surface area contributed by atoms with Crippen LogP contribution in [0.25, 0.3) is 0 Å². The lowest BCUT2D eigenvalue weighted by atomic mass is 10.2. The molecule has 1 fully saturated rings. The van der Waals surface area contributed by atoms with Crippen LogP contribution >= 0.6 is 24.0 Å². The molecule has 4 N–H and O–H groups in total. The van der Waals surface area contributed by atoms with E-state index in [0.717, 1.165) is 25.5 Å². The van der Waals surface area contributed by atoms with Gasteiger partial charge in [-0.15, -0.1) is 24.0 Å². The average molecular weight is 370 g/mol. The third kappa shape index (κ3) is 5.85. The molecule has 0 aromatic heterocycles. The highest BCUT2D eigenvalue weighted by Crippen LogP contribution is 2.19. The molecule has 2 unspecified atom stereocenters. The van der Waals surface area contributed by atoms with Crippen molar-refractivity contribution >= 4 is 35.8 Å². The fourth-order valence-electron chi connectivity index (χ4n) is 1.75. The van der Waals surface area contributed by atoms with Gasteiger partial charge in [0, 0.05) is 13.1 Å². The molecule has 6 nitrogen and oxygen atoms in total. The van der Waals surface area contributed by atoms with E-state index in [-0.39, 0.29) is 36.0 Å². The number of nitrogens with one attached hydrogen (secondary N) is 2. The number of primary amides is 1. The minimum atomic E-state index is -0.433. The summed E-state index contributed by atoms with van der Waals surface area (Å²) in [5.41, 5.74) is 5.19. The number of halogens is 1. The van der Waals surface area contributed by atoms with Crippen molar-refractivity contribution in [3.05, 3.63) is 0 Å². The summed E-state index contributed by atoms with van der Waals surface area (Å²) in [6, 6.07) is 0. The Morgan fingerprint density at radius 3 is 2.39 bits per heavy atom. The Morgan fingerprint density at radius 1 is 1.33 bits per heavy atom. The van der Waals surface area contributed by atoms with Crippen molar-refractivity contribution in [1.29, 1.82) is 0 Å². The molecule has 2 atom stereocenters. The number of amides is 1. The van der Waals surface area contributed by atoms with Crippen LogP contribution in [0.1, 0.15) is 26.7 Å². The Balaban J connectivity index is 0.00000289. The van der Waals surface area contributed by atoms with Gasteiger partial charge in [-0.2, -0.15) is 0 Å². The van der Waals surface area contributed by atoms with Crippen LogP contribution in [-0.2, 0) is 9.53 Å². The van der Waals surface area contributed by atoms with Crippen molar-refractivity contribution in [3.8, 4) is 0 Å². The topological polar surface area (TPSA) is 88.7 Å². The van der Waals surface area contributed by atoms with Crippen molar-refractivity contribution < 1.29 is 9.53 Å². The standard InChI is InChI=1S/C11H22N4O2.HI/c1-3-13-11(14-4-2)15-7-8-5-6-9(17-8)10(12)16;/h8-9H,3-7H2,1-2H3,(H2,12,16)(H2,13,14,15);1H. The van der Waals surface area contributed by atoms with Crippen molar-refractivity contribution in [1.82, 2.24) is 10.6 Å². The molecule has 0 aromatic carbocycles. The number of hydrogen-bond acceptors (Lipinski definition) is 3. The summed E-state index contributed by atoms with van der Waals surface area (Å²) in [7, 11) is 0. The first-order valence-corrected chi connectivity index (χ1v) is 6.14. The van der Waals surface area contributed by atoms with E-state index in [9.17, 15) is 4.79 Å². The molecule has 1 aliphatic heterocycles. The van der Waals surface area contributed by atoms with Crippen LogP contribution in [0.2, 0.25) is 0 Å². The predicted octanol–water partition coefficient (Wildman–Crippen LogP) is 0.212. The Bertz CT molecular complexity index is 278. The monoisotopic (exact) mass is 370 g/mol. The van der Waals surface area contributed by atoms with Gasteiger partial charge in [0.15, 0.2) is 5.96 Å². The van der Waals surface area contributed by atoms with Crippen molar-refractivity contribution in [2.45, 2.75) is 38.9 Å². The molecule has 1 heterocycles. The molecule has 1 amide bonds. The lowest BCUT2D eigenvalue weighted by Crippen LogP contribution is -2.37. The number of hydrogen-bond donors (Lipinski definition) is 3. The van der Waals surface area contributed by atoms with Crippen LogP contribution in [-0.4, -0.2) is 43.7 Å². The summed E-state index contributed by atoms with van der Waals surface area (Å²) < 4.78 is 5.49. The summed E-state index contributed by atoms with van der Waals surface area (Å²) in [5, 5.41) is 6.27. The van der Waals surface area contributed by atoms with Crippen molar-refractivity contribution in [2.75, 3.05) is 19.6 Å². The minimum Gasteiger partial charge on any atom is -0.367 e. The number of carbonyl (C=O) groups is 1. The van der Waals surface area contributed by atoms with E-state index < -0.39 is 6.10 Å². The van der Waals surface area contributed by atoms with E-state index in [1.165, 1.54) is 0 Å². The molecule has 1 saturated heterocycles. The van der Waals surface area contributed by atoms with Gasteiger partial charge in [0.2, 0.25) is 5.91 Å². The van der Waals surface area contributed by atoms with E-state index in [2.05, 4.69) is 15.6 Å². The van der Waals surface area contributed by atoms with Gasteiger partial charge in [0.1, 0.15) is 6.10 Å². The summed E-state index contributed by atoms with van der Waals surface area (Å²) >= 11 is 0. The third-order valence-electron chi connectivity index (χ3n) is 2.57. The van der Waals surface area contributed by atoms with Gasteiger partial charge in [-0.3, -0.25) is 9.79 Å². The number of ether oxygens (including phenoxy) is 1. The fraction of sp³-hybridized carbons (Fsp3) is 0.818. The minimum absolute atomic E-state index is 0. The zero-order valence-corrected chi connectivity index (χ0v) is 13.3. The fourth-order valence-corrected chi connectivity index (χ4v) is 1.75. The second kappa shape index (κ2) is 9.37. The summed E-state index contributed by atoms with van der Waals surface area (Å²) in [6.07, 6.45) is 1.10. The molecule has 1 aliphatic rings. The predicted molar refractivity (Wildman–Crippen MR) is 82.2 cm³/mol. The molecule has 18 heavy (non-hydrogen) atoms. The van der Waals surface area contributed by atoms with Gasteiger partial charge in [-0.1, -0.05) is 0 Å². The van der Waals surface area contributed by atoms with Gasteiger partial charge in [0.05, 0.1) is 12.6 Å². The molecular weight excluding hydrogens is 347 g/mol. The molecule has 106 valence electrons. The molecule has 7 heteroatoms. The molecule has 0 bridgehead atoms. The summed E-state index contributed by atoms with van der Waals surface area (Å²) in [4.78, 5) is 15.3. The first-order chi connectivity index (χ1) is 8.17. The maximum atomic E-state index is 10.9. The smallest absolute Gasteiger partial charge is 0.246 e. The summed E-state index contributed by atoms with van der Waals surface area (Å²) in [6.45, 7) is 6.23. The quantitative estimate of drug-likeness (QED) is 0.367. The van der Waals surface area contributed by atoms with Gasteiger partial charge >= 0.3 is 0 Å². The zero-order valence-electron chi connectivity index (χ0n) is 10.9. The van der Waals surface area contributed by atoms with Crippen LogP contribution in [0.3, 0.4) is 0 Å². The van der Waals surface area contributed by atoms with E-state index in [1.807, 2.05) is 13.8 Å². The van der Waals surface area contributed by atoms with Crippen LogP contribution in [0.15, 0.2) is 4.99 Å². The van der Waals surface area contributed by atoms with Crippen molar-refractivity contribution in [3.63, 3.8) is 0 Å². The molecule has 0 spiro atoms. The number of nitrogens with zero attached hydrogens (tertiary/aromatic N) is 1. The lowest BCUT2D eigenvalue weighted by molar-refractivity contribution is -0.128. The van der Waals surface area contributed by atoms with Crippen LogP contribution < -0.4 is 16.4 Å². The Kier molecular flexibility index (Phi) is 9.08. The Labute approximate surface area is 125 Å². The molecular formula is C11H23IN4O2. The number of carbonyl (C=O) groups excluding carboxylic acids is 1. The highest BCUT2D eigenvalue weighted by atomic mass is 127. The third-order valence-corrected chi connectivity index (χ3v) is 2.57. The van der Waals surface area contributed by atoms with Crippen molar-refractivity contribution in [2.24, 2.45) is 10.7 Å². The number of aliphatic imine (C=N–C) groups is 1. The molecule has 0 aromatic rings. The van der Waals surface area contributed by atoms with Crippen LogP contribution in [0.5, 0.6) is 0 Å². The highest BCUT2D eigenvalue weighted by Gasteiger charge is 2.28. The van der Waals surface area contributed by atoms with Gasteiger partial charge < -0.3 is 21.1 Å². The average Bonchev–Trinajstić information content (AvgIpc) is 2.75. The van der Waals surface area contributed by atoms with E-state index in [4.69, 9.17) is 10.5 Å². The van der Waals surface area contributed by atoms with Gasteiger partial charge in [-0.25, -0.2) is 0 Å². The van der Waals surface area contributed by atoms with E-state index in [1.54, 1.807) is 0 Å². The van der Waals surface area contributed by atoms with E-state index in [0.29, 0.717) is 13.0 Å². The van der Waals surface area contributed by atoms with Gasteiger partial charge in [0.25, 0.3) is 0 Å². The second-order valence-corrected chi connectivity index (χ2v) is 3.98.